The summed E-state index contributed by atoms with van der Waals surface area (Å²) in [6, 6.07) is 9.43. The SMILES string of the molecule is [O-][n+]1c(C2COCCO2)c(Br)cc2ccccc21. The number of hydrogen-bond donors (Lipinski definition) is 0. The lowest BCUT2D eigenvalue weighted by molar-refractivity contribution is -0.593. The van der Waals surface area contributed by atoms with E-state index >= 15 is 0 Å². The number of fused-ring (bicyclic) bond motifs is 1. The quantitative estimate of drug-likeness (QED) is 0.600. The highest BCUT2D eigenvalue weighted by Gasteiger charge is 2.28. The maximum Gasteiger partial charge on any atom is 0.238 e. The Morgan fingerprint density at radius 2 is 2.11 bits per heavy atom. The van der Waals surface area contributed by atoms with Crippen molar-refractivity contribution in [1.82, 2.24) is 0 Å². The predicted octanol–water partition coefficient (Wildman–Crippen LogP) is 2.32. The molecule has 18 heavy (non-hydrogen) atoms. The summed E-state index contributed by atoms with van der Waals surface area (Å²) in [4.78, 5) is 0. The molecule has 2 heterocycles. The molecule has 5 heteroatoms. The Hall–Kier alpha value is -1.17. The third-order valence-corrected chi connectivity index (χ3v) is 3.66. The highest BCUT2D eigenvalue weighted by Crippen LogP contribution is 2.28. The van der Waals surface area contributed by atoms with Crippen LogP contribution in [-0.2, 0) is 9.47 Å². The molecule has 0 N–H and O–H groups in total. The number of para-hydroxylation sites is 1. The van der Waals surface area contributed by atoms with Crippen molar-refractivity contribution in [2.45, 2.75) is 6.10 Å². The molecule has 1 saturated heterocycles. The first-order valence-corrected chi connectivity index (χ1v) is 6.57. The minimum absolute atomic E-state index is 0.310. The second-order valence-corrected chi connectivity index (χ2v) is 5.02. The zero-order valence-electron chi connectivity index (χ0n) is 9.64. The Kier molecular flexibility index (Phi) is 3.20. The van der Waals surface area contributed by atoms with Gasteiger partial charge in [-0.3, -0.25) is 0 Å². The molecule has 1 aliphatic heterocycles. The van der Waals surface area contributed by atoms with Crippen LogP contribution in [0, 0.1) is 5.21 Å². The lowest BCUT2D eigenvalue weighted by atomic mass is 10.1. The fourth-order valence-electron chi connectivity index (χ4n) is 2.16. The summed E-state index contributed by atoms with van der Waals surface area (Å²) < 4.78 is 12.6. The summed E-state index contributed by atoms with van der Waals surface area (Å²) in [6.45, 7) is 1.52. The van der Waals surface area contributed by atoms with Crippen LogP contribution in [0.2, 0.25) is 0 Å². The number of rotatable bonds is 1. The summed E-state index contributed by atoms with van der Waals surface area (Å²) in [6.07, 6.45) is -0.310. The molecule has 0 bridgehead atoms. The maximum absolute atomic E-state index is 12.4. The van der Waals surface area contributed by atoms with Gasteiger partial charge in [-0.15, -0.1) is 0 Å². The van der Waals surface area contributed by atoms with Crippen molar-refractivity contribution in [1.29, 1.82) is 0 Å². The van der Waals surface area contributed by atoms with Gasteiger partial charge >= 0.3 is 0 Å². The average Bonchev–Trinajstić information content (AvgIpc) is 2.40. The normalized spacial score (nSPS) is 20.2. The molecule has 1 aromatic heterocycles. The molecule has 3 rings (SSSR count). The van der Waals surface area contributed by atoms with E-state index in [1.807, 2.05) is 30.3 Å². The van der Waals surface area contributed by atoms with Crippen molar-refractivity contribution in [2.75, 3.05) is 19.8 Å². The van der Waals surface area contributed by atoms with E-state index in [2.05, 4.69) is 15.9 Å². The third kappa shape index (κ3) is 1.98. The van der Waals surface area contributed by atoms with Crippen LogP contribution in [0.1, 0.15) is 11.8 Å². The second kappa shape index (κ2) is 4.84. The number of halogens is 1. The van der Waals surface area contributed by atoms with E-state index in [0.29, 0.717) is 31.0 Å². The molecule has 2 aromatic rings. The molecule has 1 aliphatic rings. The average molecular weight is 310 g/mol. The first-order valence-electron chi connectivity index (χ1n) is 5.77. The van der Waals surface area contributed by atoms with Gasteiger partial charge in [-0.05, 0) is 28.1 Å². The predicted molar refractivity (Wildman–Crippen MR) is 70.1 cm³/mol. The van der Waals surface area contributed by atoms with E-state index in [-0.39, 0.29) is 6.10 Å². The zero-order chi connectivity index (χ0) is 12.5. The van der Waals surface area contributed by atoms with Gasteiger partial charge in [-0.2, -0.15) is 4.73 Å². The Labute approximate surface area is 113 Å². The molecule has 1 fully saturated rings. The smallest absolute Gasteiger partial charge is 0.238 e. The standard InChI is InChI=1S/C13H12BrNO3/c14-10-7-9-3-1-2-4-11(9)15(16)13(10)12-8-17-5-6-18-12/h1-4,7,12H,5-6,8H2. The number of pyridine rings is 1. The van der Waals surface area contributed by atoms with Gasteiger partial charge in [-0.25, -0.2) is 0 Å². The van der Waals surface area contributed by atoms with Gasteiger partial charge in [0.05, 0.1) is 24.3 Å². The highest BCUT2D eigenvalue weighted by molar-refractivity contribution is 9.10. The minimum Gasteiger partial charge on any atom is -0.618 e. The molecule has 1 aromatic carbocycles. The van der Waals surface area contributed by atoms with E-state index in [1.165, 1.54) is 0 Å². The van der Waals surface area contributed by atoms with Crippen molar-refractivity contribution < 1.29 is 14.2 Å². The van der Waals surface area contributed by atoms with Gasteiger partial charge < -0.3 is 14.7 Å². The number of nitrogens with zero attached hydrogens (tertiary/aromatic N) is 1. The summed E-state index contributed by atoms with van der Waals surface area (Å²) in [7, 11) is 0. The number of hydrogen-bond acceptors (Lipinski definition) is 3. The summed E-state index contributed by atoms with van der Waals surface area (Å²) in [5.41, 5.74) is 1.22. The van der Waals surface area contributed by atoms with Crippen molar-refractivity contribution in [3.63, 3.8) is 0 Å². The van der Waals surface area contributed by atoms with E-state index in [0.717, 1.165) is 14.6 Å². The van der Waals surface area contributed by atoms with Gasteiger partial charge in [0, 0.05) is 11.5 Å². The topological polar surface area (TPSA) is 45.4 Å². The van der Waals surface area contributed by atoms with Crippen molar-refractivity contribution in [3.05, 3.63) is 45.7 Å². The van der Waals surface area contributed by atoms with Crippen LogP contribution < -0.4 is 4.73 Å². The second-order valence-electron chi connectivity index (χ2n) is 4.17. The van der Waals surface area contributed by atoms with Crippen LogP contribution in [0.3, 0.4) is 0 Å². The molecule has 4 nitrogen and oxygen atoms in total. The first-order chi connectivity index (χ1) is 8.77. The lowest BCUT2D eigenvalue weighted by Gasteiger charge is -2.23. The Morgan fingerprint density at radius 3 is 2.89 bits per heavy atom. The van der Waals surface area contributed by atoms with E-state index in [4.69, 9.17) is 9.47 Å². The molecular formula is C13H12BrNO3. The number of aromatic nitrogens is 1. The molecule has 1 atom stereocenters. The van der Waals surface area contributed by atoms with Gasteiger partial charge in [0.25, 0.3) is 0 Å². The minimum atomic E-state index is -0.310. The van der Waals surface area contributed by atoms with E-state index in [1.54, 1.807) is 0 Å². The molecule has 94 valence electrons. The Morgan fingerprint density at radius 1 is 1.28 bits per heavy atom. The largest absolute Gasteiger partial charge is 0.618 e. The first kappa shape index (κ1) is 11.9. The van der Waals surface area contributed by atoms with Crippen LogP contribution in [-0.4, -0.2) is 19.8 Å². The van der Waals surface area contributed by atoms with Gasteiger partial charge in [0.1, 0.15) is 0 Å². The molecule has 0 saturated carbocycles. The summed E-state index contributed by atoms with van der Waals surface area (Å²) in [5.74, 6) is 0. The van der Waals surface area contributed by atoms with Crippen LogP contribution in [0.4, 0.5) is 0 Å². The third-order valence-electron chi connectivity index (χ3n) is 3.02. The Balaban J connectivity index is 2.15. The number of ether oxygens (including phenoxy) is 2. The van der Waals surface area contributed by atoms with Crippen LogP contribution in [0.15, 0.2) is 34.8 Å². The fraction of sp³-hybridized carbons (Fsp3) is 0.308. The number of benzene rings is 1. The van der Waals surface area contributed by atoms with Crippen molar-refractivity contribution in [3.8, 4) is 0 Å². The van der Waals surface area contributed by atoms with Gasteiger partial charge in [0.15, 0.2) is 6.10 Å². The van der Waals surface area contributed by atoms with E-state index < -0.39 is 0 Å². The van der Waals surface area contributed by atoms with E-state index in [9.17, 15) is 5.21 Å². The van der Waals surface area contributed by atoms with Crippen molar-refractivity contribution in [2.24, 2.45) is 0 Å². The Bertz CT molecular complexity index is 582. The van der Waals surface area contributed by atoms with Crippen LogP contribution in [0.5, 0.6) is 0 Å². The molecule has 0 spiro atoms. The molecule has 0 aliphatic carbocycles. The summed E-state index contributed by atoms with van der Waals surface area (Å²) >= 11 is 3.45. The van der Waals surface area contributed by atoms with Crippen LogP contribution in [0.25, 0.3) is 10.9 Å². The van der Waals surface area contributed by atoms with Gasteiger partial charge in [-0.1, -0.05) is 12.1 Å². The highest BCUT2D eigenvalue weighted by atomic mass is 79.9. The van der Waals surface area contributed by atoms with Crippen molar-refractivity contribution >= 4 is 26.8 Å². The maximum atomic E-state index is 12.4. The molecular weight excluding hydrogens is 298 g/mol. The molecule has 1 unspecified atom stereocenters. The van der Waals surface area contributed by atoms with Crippen LogP contribution >= 0.6 is 15.9 Å². The monoisotopic (exact) mass is 309 g/mol. The summed E-state index contributed by atoms with van der Waals surface area (Å²) in [5, 5.41) is 13.3. The molecule has 0 amide bonds. The lowest BCUT2D eigenvalue weighted by Crippen LogP contribution is -2.38. The fourth-order valence-corrected chi connectivity index (χ4v) is 2.83. The zero-order valence-corrected chi connectivity index (χ0v) is 11.2. The van der Waals surface area contributed by atoms with Gasteiger partial charge in [0.2, 0.25) is 11.2 Å². The molecule has 0 radical (unpaired) electrons.